The Balaban J connectivity index is 1.21. The van der Waals surface area contributed by atoms with Crippen molar-refractivity contribution in [1.29, 1.82) is 0 Å². The molecule has 2 heterocycles. The van der Waals surface area contributed by atoms with Crippen LogP contribution in [0.4, 0.5) is 0 Å². The zero-order valence-electron chi connectivity index (χ0n) is 18.3. The van der Waals surface area contributed by atoms with E-state index in [1.807, 2.05) is 6.07 Å². The molecule has 1 saturated heterocycles. The fraction of sp³-hybridized carbons (Fsp3) is 0.393. The molecule has 0 amide bonds. The van der Waals surface area contributed by atoms with Gasteiger partial charge in [0.15, 0.2) is 0 Å². The van der Waals surface area contributed by atoms with Crippen LogP contribution < -0.4 is 0 Å². The topological polar surface area (TPSA) is 56.6 Å². The summed E-state index contributed by atoms with van der Waals surface area (Å²) < 4.78 is 0. The molecular formula is C28H30N2O2. The van der Waals surface area contributed by atoms with E-state index in [-0.39, 0.29) is 17.9 Å². The molecule has 1 fully saturated rings. The third-order valence-corrected chi connectivity index (χ3v) is 8.17. The van der Waals surface area contributed by atoms with Crippen molar-refractivity contribution in [2.75, 3.05) is 19.6 Å². The maximum Gasteiger partial charge on any atom is 0.0834 e. The van der Waals surface area contributed by atoms with Gasteiger partial charge in [-0.25, -0.2) is 0 Å². The van der Waals surface area contributed by atoms with Crippen molar-refractivity contribution in [3.63, 3.8) is 0 Å². The lowest BCUT2D eigenvalue weighted by Crippen LogP contribution is -2.44. The minimum absolute atomic E-state index is 0.0436. The minimum atomic E-state index is -0.516. The van der Waals surface area contributed by atoms with Crippen LogP contribution in [0.5, 0.6) is 0 Å². The van der Waals surface area contributed by atoms with E-state index in [0.717, 1.165) is 43.6 Å². The number of piperidine rings is 1. The third-order valence-electron chi connectivity index (χ3n) is 8.17. The second-order valence-corrected chi connectivity index (χ2v) is 9.86. The Morgan fingerprint density at radius 1 is 0.969 bits per heavy atom. The lowest BCUT2D eigenvalue weighted by atomic mass is 9.74. The molecule has 2 aliphatic carbocycles. The Bertz CT molecular complexity index is 1090. The summed E-state index contributed by atoms with van der Waals surface area (Å²) in [5, 5.41) is 20.3. The summed E-state index contributed by atoms with van der Waals surface area (Å²) in [6.07, 6.45) is 6.03. The van der Waals surface area contributed by atoms with Crippen molar-refractivity contribution >= 4 is 0 Å². The van der Waals surface area contributed by atoms with Crippen LogP contribution in [-0.4, -0.2) is 39.7 Å². The van der Waals surface area contributed by atoms with E-state index in [9.17, 15) is 10.2 Å². The van der Waals surface area contributed by atoms with E-state index in [4.69, 9.17) is 0 Å². The Morgan fingerprint density at radius 2 is 1.62 bits per heavy atom. The molecular weight excluding hydrogens is 396 g/mol. The standard InChI is InChI=1S/C28H30N2O2/c31-17-19-13-21(16-29-15-19)27(32)20-9-11-30(12-10-20)18-28-14-24(22-5-1-3-7-25(22)28)23-6-2-4-8-26(23)28/h1-8,13,15-16,20,24,27,31-32H,9-12,14,17-18H2/t24?,27-,28?/m1/s1. The number of pyridine rings is 1. The molecule has 1 aliphatic heterocycles. The summed E-state index contributed by atoms with van der Waals surface area (Å²) in [5.74, 6) is 0.770. The highest BCUT2D eigenvalue weighted by atomic mass is 16.3. The fourth-order valence-electron chi connectivity index (χ4n) is 6.65. The van der Waals surface area contributed by atoms with Crippen LogP contribution in [0.2, 0.25) is 0 Å². The normalized spacial score (nSPS) is 25.5. The molecule has 0 radical (unpaired) electrons. The Hall–Kier alpha value is -2.53. The maximum atomic E-state index is 11.0. The van der Waals surface area contributed by atoms with Gasteiger partial charge in [-0.05, 0) is 77.7 Å². The highest BCUT2D eigenvalue weighted by Crippen LogP contribution is 2.60. The van der Waals surface area contributed by atoms with Crippen LogP contribution in [0.25, 0.3) is 0 Å². The van der Waals surface area contributed by atoms with Crippen molar-refractivity contribution in [2.45, 2.75) is 43.3 Å². The van der Waals surface area contributed by atoms with Crippen molar-refractivity contribution in [2.24, 2.45) is 5.92 Å². The summed E-state index contributed by atoms with van der Waals surface area (Å²) >= 11 is 0. The molecule has 32 heavy (non-hydrogen) atoms. The molecule has 2 bridgehead atoms. The van der Waals surface area contributed by atoms with Gasteiger partial charge >= 0.3 is 0 Å². The molecule has 0 unspecified atom stereocenters. The van der Waals surface area contributed by atoms with E-state index in [0.29, 0.717) is 5.92 Å². The number of hydrogen-bond donors (Lipinski definition) is 2. The monoisotopic (exact) mass is 426 g/mol. The molecule has 0 spiro atoms. The first-order valence-electron chi connectivity index (χ1n) is 11.8. The number of benzene rings is 2. The van der Waals surface area contributed by atoms with Crippen molar-refractivity contribution in [1.82, 2.24) is 9.88 Å². The average molecular weight is 427 g/mol. The zero-order chi connectivity index (χ0) is 21.7. The van der Waals surface area contributed by atoms with Crippen LogP contribution in [0.15, 0.2) is 67.0 Å². The Morgan fingerprint density at radius 3 is 2.28 bits per heavy atom. The maximum absolute atomic E-state index is 11.0. The van der Waals surface area contributed by atoms with Gasteiger partial charge in [-0.3, -0.25) is 4.98 Å². The molecule has 4 nitrogen and oxygen atoms in total. The molecule has 0 saturated carbocycles. The van der Waals surface area contributed by atoms with Crippen molar-refractivity contribution < 1.29 is 10.2 Å². The van der Waals surface area contributed by atoms with Gasteiger partial charge in [0.2, 0.25) is 0 Å². The van der Waals surface area contributed by atoms with Gasteiger partial charge in [0.25, 0.3) is 0 Å². The number of hydrogen-bond acceptors (Lipinski definition) is 4. The predicted molar refractivity (Wildman–Crippen MR) is 124 cm³/mol. The average Bonchev–Trinajstić information content (AvgIpc) is 3.36. The predicted octanol–water partition coefficient (Wildman–Crippen LogP) is 4.15. The smallest absolute Gasteiger partial charge is 0.0834 e. The largest absolute Gasteiger partial charge is 0.392 e. The summed E-state index contributed by atoms with van der Waals surface area (Å²) in [6.45, 7) is 3.02. The van der Waals surface area contributed by atoms with Crippen LogP contribution in [0.3, 0.4) is 0 Å². The fourth-order valence-corrected chi connectivity index (χ4v) is 6.65. The number of likely N-dealkylation sites (tertiary alicyclic amines) is 1. The number of aliphatic hydroxyl groups is 2. The number of fused-ring (bicyclic) bond motifs is 8. The van der Waals surface area contributed by atoms with Crippen LogP contribution in [-0.2, 0) is 12.0 Å². The summed E-state index contributed by atoms with van der Waals surface area (Å²) in [4.78, 5) is 6.81. The molecule has 164 valence electrons. The highest BCUT2D eigenvalue weighted by molar-refractivity contribution is 5.62. The van der Waals surface area contributed by atoms with Gasteiger partial charge in [-0.2, -0.15) is 0 Å². The second kappa shape index (κ2) is 7.80. The number of aromatic nitrogens is 1. The molecule has 3 aromatic rings. The number of aliphatic hydroxyl groups excluding tert-OH is 2. The molecule has 1 atom stereocenters. The van der Waals surface area contributed by atoms with Gasteiger partial charge in [-0.15, -0.1) is 0 Å². The molecule has 2 aromatic carbocycles. The molecule has 2 N–H and O–H groups in total. The number of rotatable bonds is 5. The SMILES string of the molecule is OCc1cncc([C@H](O)C2CCN(CC34CC(c5ccccc53)c3ccccc34)CC2)c1. The lowest BCUT2D eigenvalue weighted by molar-refractivity contribution is 0.0537. The van der Waals surface area contributed by atoms with E-state index < -0.39 is 6.10 Å². The van der Waals surface area contributed by atoms with Crippen LogP contribution >= 0.6 is 0 Å². The molecule has 3 aliphatic rings. The van der Waals surface area contributed by atoms with E-state index >= 15 is 0 Å². The first kappa shape index (κ1) is 20.1. The van der Waals surface area contributed by atoms with Gasteiger partial charge in [-0.1, -0.05) is 48.5 Å². The van der Waals surface area contributed by atoms with Crippen molar-refractivity contribution in [3.8, 4) is 0 Å². The highest BCUT2D eigenvalue weighted by Gasteiger charge is 2.53. The third kappa shape index (κ3) is 3.05. The number of nitrogens with zero attached hydrogens (tertiary/aromatic N) is 2. The van der Waals surface area contributed by atoms with E-state index in [1.165, 1.54) is 28.7 Å². The van der Waals surface area contributed by atoms with Gasteiger partial charge in [0, 0.05) is 30.3 Å². The van der Waals surface area contributed by atoms with E-state index in [1.54, 1.807) is 12.4 Å². The summed E-state index contributed by atoms with van der Waals surface area (Å²) in [5.41, 5.74) is 7.78. The second-order valence-electron chi connectivity index (χ2n) is 9.86. The quantitative estimate of drug-likeness (QED) is 0.643. The minimum Gasteiger partial charge on any atom is -0.392 e. The first-order chi connectivity index (χ1) is 15.7. The summed E-state index contributed by atoms with van der Waals surface area (Å²) in [7, 11) is 0. The first-order valence-corrected chi connectivity index (χ1v) is 11.8. The van der Waals surface area contributed by atoms with Gasteiger partial charge < -0.3 is 15.1 Å². The molecule has 6 rings (SSSR count). The molecule has 4 heteroatoms. The van der Waals surface area contributed by atoms with Crippen LogP contribution in [0, 0.1) is 5.92 Å². The zero-order valence-corrected chi connectivity index (χ0v) is 18.3. The Labute approximate surface area is 189 Å². The van der Waals surface area contributed by atoms with E-state index in [2.05, 4.69) is 58.4 Å². The van der Waals surface area contributed by atoms with Crippen molar-refractivity contribution in [3.05, 3.63) is 100 Å². The van der Waals surface area contributed by atoms with Gasteiger partial charge in [0.05, 0.1) is 12.7 Å². The molecule has 1 aromatic heterocycles. The van der Waals surface area contributed by atoms with Gasteiger partial charge in [0.1, 0.15) is 0 Å². The van der Waals surface area contributed by atoms with Crippen LogP contribution in [0.1, 0.15) is 64.7 Å². The Kier molecular flexibility index (Phi) is 4.90. The summed E-state index contributed by atoms with van der Waals surface area (Å²) in [6, 6.07) is 20.0. The lowest BCUT2D eigenvalue weighted by Gasteiger charge is -2.40.